The van der Waals surface area contributed by atoms with Crippen molar-refractivity contribution < 1.29 is 14.7 Å². The van der Waals surface area contributed by atoms with Gasteiger partial charge in [-0.15, -0.1) is 0 Å². The first-order valence-electron chi connectivity index (χ1n) is 10.1. The molecule has 0 unspecified atom stereocenters. The zero-order valence-electron chi connectivity index (χ0n) is 17.4. The van der Waals surface area contributed by atoms with E-state index in [1.165, 1.54) is 18.2 Å². The Morgan fingerprint density at radius 2 is 1.81 bits per heavy atom. The third-order valence-corrected chi connectivity index (χ3v) is 5.48. The summed E-state index contributed by atoms with van der Waals surface area (Å²) < 4.78 is 0. The first-order chi connectivity index (χ1) is 15.4. The molecule has 6 nitrogen and oxygen atoms in total. The van der Waals surface area contributed by atoms with Gasteiger partial charge >= 0.3 is 0 Å². The number of rotatable bonds is 6. The Hall–Kier alpha value is -3.77. The fourth-order valence-corrected chi connectivity index (χ4v) is 3.69. The molecular formula is C25H22ClN3O3. The van der Waals surface area contributed by atoms with Gasteiger partial charge in [-0.25, -0.2) is 0 Å². The number of halogens is 1. The Kier molecular flexibility index (Phi) is 6.14. The number of benzene rings is 3. The fraction of sp³-hybridized carbons (Fsp3) is 0.120. The quantitative estimate of drug-likeness (QED) is 0.341. The average molecular weight is 448 g/mol. The molecule has 3 aromatic carbocycles. The summed E-state index contributed by atoms with van der Waals surface area (Å²) in [6, 6.07) is 18.5. The molecule has 1 atom stereocenters. The number of aryl methyl sites for hydroxylation is 1. The van der Waals surface area contributed by atoms with Gasteiger partial charge in [0.05, 0.1) is 5.56 Å². The Bertz CT molecular complexity index is 1280. The van der Waals surface area contributed by atoms with Crippen LogP contribution in [0.25, 0.3) is 10.9 Å². The van der Waals surface area contributed by atoms with Gasteiger partial charge in [0.2, 0.25) is 5.91 Å². The number of hydrogen-bond acceptors (Lipinski definition) is 3. The first kappa shape index (κ1) is 21.5. The smallest absolute Gasteiger partial charge is 0.255 e. The van der Waals surface area contributed by atoms with Gasteiger partial charge in [0.1, 0.15) is 11.8 Å². The highest BCUT2D eigenvalue weighted by Crippen LogP contribution is 2.23. The number of aromatic nitrogens is 1. The van der Waals surface area contributed by atoms with Crippen LogP contribution in [0.5, 0.6) is 5.75 Å². The van der Waals surface area contributed by atoms with E-state index in [9.17, 15) is 14.7 Å². The van der Waals surface area contributed by atoms with E-state index in [1.807, 2.05) is 49.5 Å². The van der Waals surface area contributed by atoms with E-state index in [4.69, 9.17) is 11.6 Å². The van der Waals surface area contributed by atoms with Crippen LogP contribution in [0.4, 0.5) is 5.69 Å². The standard InChI is InChI=1S/C25H22ClN3O3/c1-15-6-9-18(10-7-15)28-25(32)22(12-16-14-27-21-5-3-2-4-19(16)21)29-24(31)20-13-17(26)8-11-23(20)30/h2-11,13-14,22,27,30H,12H2,1H3,(H,28,32)(H,29,31)/t22-/m0/s1. The second-order valence-electron chi connectivity index (χ2n) is 7.61. The minimum atomic E-state index is -0.888. The lowest BCUT2D eigenvalue weighted by molar-refractivity contribution is -0.118. The minimum absolute atomic E-state index is 0.00422. The van der Waals surface area contributed by atoms with Crippen LogP contribution in [0.3, 0.4) is 0 Å². The van der Waals surface area contributed by atoms with Crippen molar-refractivity contribution in [3.8, 4) is 5.75 Å². The van der Waals surface area contributed by atoms with Crippen molar-refractivity contribution in [3.05, 3.63) is 94.6 Å². The van der Waals surface area contributed by atoms with Gasteiger partial charge in [0.25, 0.3) is 5.91 Å². The highest BCUT2D eigenvalue weighted by molar-refractivity contribution is 6.31. The van der Waals surface area contributed by atoms with Crippen molar-refractivity contribution in [1.29, 1.82) is 0 Å². The van der Waals surface area contributed by atoms with Crippen LogP contribution >= 0.6 is 11.6 Å². The summed E-state index contributed by atoms with van der Waals surface area (Å²) in [6.07, 6.45) is 2.09. The highest BCUT2D eigenvalue weighted by atomic mass is 35.5. The van der Waals surface area contributed by atoms with Gasteiger partial charge in [-0.05, 0) is 48.9 Å². The van der Waals surface area contributed by atoms with Crippen molar-refractivity contribution >= 4 is 40.0 Å². The number of fused-ring (bicyclic) bond motifs is 1. The Morgan fingerprint density at radius 1 is 1.06 bits per heavy atom. The number of aromatic hydroxyl groups is 1. The molecule has 162 valence electrons. The van der Waals surface area contributed by atoms with Crippen LogP contribution in [-0.2, 0) is 11.2 Å². The summed E-state index contributed by atoms with van der Waals surface area (Å²) in [5, 5.41) is 17.0. The van der Waals surface area contributed by atoms with Gasteiger partial charge in [-0.2, -0.15) is 0 Å². The van der Waals surface area contributed by atoms with E-state index in [0.29, 0.717) is 10.7 Å². The molecule has 4 aromatic rings. The Balaban J connectivity index is 1.62. The molecule has 2 amide bonds. The van der Waals surface area contributed by atoms with Crippen LogP contribution in [0.1, 0.15) is 21.5 Å². The van der Waals surface area contributed by atoms with Gasteiger partial charge in [-0.1, -0.05) is 47.5 Å². The molecule has 0 aliphatic rings. The summed E-state index contributed by atoms with van der Waals surface area (Å²) in [5.41, 5.74) is 3.54. The minimum Gasteiger partial charge on any atom is -0.507 e. The van der Waals surface area contributed by atoms with Crippen LogP contribution < -0.4 is 10.6 Å². The number of para-hydroxylation sites is 1. The molecular weight excluding hydrogens is 426 g/mol. The number of phenolic OH excluding ortho intramolecular Hbond substituents is 1. The summed E-state index contributed by atoms with van der Waals surface area (Å²) in [6.45, 7) is 1.96. The van der Waals surface area contributed by atoms with E-state index in [0.717, 1.165) is 22.0 Å². The lowest BCUT2D eigenvalue weighted by Crippen LogP contribution is -2.45. The molecule has 0 spiro atoms. The molecule has 0 aliphatic heterocycles. The van der Waals surface area contributed by atoms with Gasteiger partial charge in [0, 0.05) is 34.2 Å². The number of hydrogen-bond donors (Lipinski definition) is 4. The third-order valence-electron chi connectivity index (χ3n) is 5.24. The first-order valence-corrected chi connectivity index (χ1v) is 10.5. The molecule has 4 rings (SSSR count). The molecule has 4 N–H and O–H groups in total. The number of carbonyl (C=O) groups is 2. The van der Waals surface area contributed by atoms with Crippen LogP contribution in [0.15, 0.2) is 72.9 Å². The number of nitrogens with one attached hydrogen (secondary N) is 3. The van der Waals surface area contributed by atoms with Gasteiger partial charge in [-0.3, -0.25) is 9.59 Å². The summed E-state index contributed by atoms with van der Waals surface area (Å²) >= 11 is 5.99. The topological polar surface area (TPSA) is 94.2 Å². The molecule has 0 bridgehead atoms. The number of anilines is 1. The zero-order chi connectivity index (χ0) is 22.7. The lowest BCUT2D eigenvalue weighted by atomic mass is 10.0. The maximum absolute atomic E-state index is 13.2. The largest absolute Gasteiger partial charge is 0.507 e. The van der Waals surface area contributed by atoms with Crippen LogP contribution in [0, 0.1) is 6.92 Å². The molecule has 7 heteroatoms. The molecule has 1 heterocycles. The van der Waals surface area contributed by atoms with Crippen molar-refractivity contribution in [2.24, 2.45) is 0 Å². The molecule has 0 fully saturated rings. The highest BCUT2D eigenvalue weighted by Gasteiger charge is 2.24. The second kappa shape index (κ2) is 9.16. The lowest BCUT2D eigenvalue weighted by Gasteiger charge is -2.19. The monoisotopic (exact) mass is 447 g/mol. The van der Waals surface area contributed by atoms with E-state index < -0.39 is 11.9 Å². The van der Waals surface area contributed by atoms with Gasteiger partial charge in [0.15, 0.2) is 0 Å². The van der Waals surface area contributed by atoms with E-state index in [2.05, 4.69) is 15.6 Å². The number of aromatic amines is 1. The molecule has 0 aliphatic carbocycles. The third kappa shape index (κ3) is 4.76. The number of phenols is 1. The summed E-state index contributed by atoms with van der Waals surface area (Å²) in [5.74, 6) is -1.17. The van der Waals surface area contributed by atoms with Crippen molar-refractivity contribution in [2.75, 3.05) is 5.32 Å². The van der Waals surface area contributed by atoms with Crippen LogP contribution in [-0.4, -0.2) is 27.9 Å². The number of carbonyl (C=O) groups excluding carboxylic acids is 2. The molecule has 0 radical (unpaired) electrons. The fourth-order valence-electron chi connectivity index (χ4n) is 3.52. The normalized spacial score (nSPS) is 11.8. The number of H-pyrrole nitrogens is 1. The maximum Gasteiger partial charge on any atom is 0.255 e. The zero-order valence-corrected chi connectivity index (χ0v) is 18.1. The second-order valence-corrected chi connectivity index (χ2v) is 8.04. The van der Waals surface area contributed by atoms with Crippen molar-refractivity contribution in [3.63, 3.8) is 0 Å². The Labute approximate surface area is 190 Å². The molecule has 0 saturated heterocycles. The van der Waals surface area contributed by atoms with Crippen molar-refractivity contribution in [1.82, 2.24) is 10.3 Å². The summed E-state index contributed by atoms with van der Waals surface area (Å²) in [7, 11) is 0. The average Bonchev–Trinajstić information content (AvgIpc) is 3.19. The van der Waals surface area contributed by atoms with E-state index in [-0.39, 0.29) is 23.6 Å². The van der Waals surface area contributed by atoms with E-state index >= 15 is 0 Å². The van der Waals surface area contributed by atoms with Gasteiger partial charge < -0.3 is 20.7 Å². The molecule has 0 saturated carbocycles. The summed E-state index contributed by atoms with van der Waals surface area (Å²) in [4.78, 5) is 29.2. The predicted molar refractivity (Wildman–Crippen MR) is 126 cm³/mol. The molecule has 1 aromatic heterocycles. The van der Waals surface area contributed by atoms with Crippen molar-refractivity contribution in [2.45, 2.75) is 19.4 Å². The van der Waals surface area contributed by atoms with E-state index in [1.54, 1.807) is 12.1 Å². The maximum atomic E-state index is 13.2. The Morgan fingerprint density at radius 3 is 2.59 bits per heavy atom. The molecule has 32 heavy (non-hydrogen) atoms. The SMILES string of the molecule is Cc1ccc(NC(=O)[C@H](Cc2c[nH]c3ccccc23)NC(=O)c2cc(Cl)ccc2O)cc1. The van der Waals surface area contributed by atoms with Crippen LogP contribution in [0.2, 0.25) is 5.02 Å². The number of amides is 2. The predicted octanol–water partition coefficient (Wildman–Crippen LogP) is 4.82.